The van der Waals surface area contributed by atoms with Crippen LogP contribution >= 0.6 is 11.6 Å². The highest BCUT2D eigenvalue weighted by Crippen LogP contribution is 2.35. The van der Waals surface area contributed by atoms with Gasteiger partial charge in [-0.25, -0.2) is 8.78 Å². The van der Waals surface area contributed by atoms with Crippen LogP contribution in [0.2, 0.25) is 5.02 Å². The highest BCUT2D eigenvalue weighted by molar-refractivity contribution is 6.31. The number of aromatic nitrogens is 5. The quantitative estimate of drug-likeness (QED) is 0.762. The first kappa shape index (κ1) is 16.9. The normalized spacial score (nSPS) is 10.9. The number of carbonyl (C=O) groups is 1. The first-order valence-corrected chi connectivity index (χ1v) is 7.39. The monoisotopic (exact) mass is 364 g/mol. The standard InChI is InChI=1S/C15H11ClF2N6O/c1-24-22-15(21-23-24)14-9(3-8(16)4-11(14)18)7-2-10(17)12(20-6-7)5-13(19)25/h2-4,6H,5H2,1H3,(H2,19,25). The second-order valence-electron chi connectivity index (χ2n) is 5.21. The van der Waals surface area contributed by atoms with Crippen molar-refractivity contribution in [3.05, 3.63) is 46.7 Å². The summed E-state index contributed by atoms with van der Waals surface area (Å²) in [6.07, 6.45) is 0.959. The Bertz CT molecular complexity index is 975. The predicted octanol–water partition coefficient (Wildman–Crippen LogP) is 1.90. The number of nitrogens with zero attached hydrogens (tertiary/aromatic N) is 5. The Balaban J connectivity index is 2.17. The van der Waals surface area contributed by atoms with E-state index >= 15 is 0 Å². The SMILES string of the molecule is Cn1nnc(-c2c(F)cc(Cl)cc2-c2cnc(CC(N)=O)c(F)c2)n1. The van der Waals surface area contributed by atoms with Crippen molar-refractivity contribution in [2.45, 2.75) is 6.42 Å². The largest absolute Gasteiger partial charge is 0.369 e. The van der Waals surface area contributed by atoms with Gasteiger partial charge in [-0.05, 0) is 29.0 Å². The van der Waals surface area contributed by atoms with Crippen molar-refractivity contribution >= 4 is 17.5 Å². The van der Waals surface area contributed by atoms with Crippen LogP contribution in [0.1, 0.15) is 5.69 Å². The van der Waals surface area contributed by atoms with E-state index in [1.165, 1.54) is 24.1 Å². The third-order valence-corrected chi connectivity index (χ3v) is 3.58. The molecule has 0 unspecified atom stereocenters. The van der Waals surface area contributed by atoms with Crippen molar-refractivity contribution in [1.29, 1.82) is 0 Å². The summed E-state index contributed by atoms with van der Waals surface area (Å²) in [5, 5.41) is 11.5. The molecule has 10 heteroatoms. The lowest BCUT2D eigenvalue weighted by molar-refractivity contribution is -0.117. The predicted molar refractivity (Wildman–Crippen MR) is 85.3 cm³/mol. The second kappa shape index (κ2) is 6.52. The Morgan fingerprint density at radius 2 is 2.04 bits per heavy atom. The smallest absolute Gasteiger partial charge is 0.223 e. The third-order valence-electron chi connectivity index (χ3n) is 3.36. The van der Waals surface area contributed by atoms with E-state index in [0.717, 1.165) is 12.1 Å². The first-order valence-electron chi connectivity index (χ1n) is 7.01. The third kappa shape index (κ3) is 3.45. The molecule has 7 nitrogen and oxygen atoms in total. The van der Waals surface area contributed by atoms with Gasteiger partial charge in [0, 0.05) is 16.8 Å². The van der Waals surface area contributed by atoms with E-state index < -0.39 is 17.5 Å². The van der Waals surface area contributed by atoms with Gasteiger partial charge in [-0.2, -0.15) is 4.80 Å². The zero-order valence-electron chi connectivity index (χ0n) is 12.9. The molecule has 0 saturated carbocycles. The summed E-state index contributed by atoms with van der Waals surface area (Å²) in [4.78, 5) is 16.0. The molecule has 0 bridgehead atoms. The maximum Gasteiger partial charge on any atom is 0.223 e. The lowest BCUT2D eigenvalue weighted by atomic mass is 9.99. The van der Waals surface area contributed by atoms with Crippen molar-refractivity contribution < 1.29 is 13.6 Å². The Labute approximate surface area is 145 Å². The number of hydrogen-bond acceptors (Lipinski definition) is 5. The number of nitrogens with two attached hydrogens (primary N) is 1. The number of benzene rings is 1. The average molecular weight is 365 g/mol. The number of hydrogen-bond donors (Lipinski definition) is 1. The van der Waals surface area contributed by atoms with Crippen molar-refractivity contribution in [2.24, 2.45) is 12.8 Å². The van der Waals surface area contributed by atoms with Crippen molar-refractivity contribution in [2.75, 3.05) is 0 Å². The summed E-state index contributed by atoms with van der Waals surface area (Å²) in [6.45, 7) is 0. The van der Waals surface area contributed by atoms with Crippen LogP contribution in [0, 0.1) is 11.6 Å². The van der Waals surface area contributed by atoms with E-state index in [0.29, 0.717) is 0 Å². The molecule has 0 radical (unpaired) electrons. The fourth-order valence-electron chi connectivity index (χ4n) is 2.32. The van der Waals surface area contributed by atoms with Gasteiger partial charge in [0.05, 0.1) is 24.7 Å². The molecule has 2 aromatic heterocycles. The lowest BCUT2D eigenvalue weighted by Gasteiger charge is -2.10. The van der Waals surface area contributed by atoms with E-state index in [4.69, 9.17) is 17.3 Å². The minimum atomic E-state index is -0.741. The number of carbonyl (C=O) groups excluding carboxylic acids is 1. The number of aryl methyl sites for hydroxylation is 1. The number of rotatable bonds is 4. The molecule has 0 atom stereocenters. The molecule has 1 aromatic carbocycles. The molecule has 2 heterocycles. The number of tetrazole rings is 1. The Morgan fingerprint density at radius 3 is 2.64 bits per heavy atom. The summed E-state index contributed by atoms with van der Waals surface area (Å²) < 4.78 is 28.7. The van der Waals surface area contributed by atoms with E-state index in [9.17, 15) is 13.6 Å². The van der Waals surface area contributed by atoms with E-state index in [-0.39, 0.29) is 39.7 Å². The Hall–Kier alpha value is -2.94. The van der Waals surface area contributed by atoms with Gasteiger partial charge in [-0.3, -0.25) is 9.78 Å². The van der Waals surface area contributed by atoms with Crippen molar-refractivity contribution in [3.63, 3.8) is 0 Å². The van der Waals surface area contributed by atoms with Crippen molar-refractivity contribution in [3.8, 4) is 22.5 Å². The molecule has 0 aliphatic rings. The van der Waals surface area contributed by atoms with Crippen LogP contribution in [0.5, 0.6) is 0 Å². The highest BCUT2D eigenvalue weighted by Gasteiger charge is 2.20. The molecule has 0 saturated heterocycles. The van der Waals surface area contributed by atoms with Crippen LogP contribution < -0.4 is 5.73 Å². The van der Waals surface area contributed by atoms with Gasteiger partial charge in [0.1, 0.15) is 11.6 Å². The van der Waals surface area contributed by atoms with Crippen LogP contribution in [0.15, 0.2) is 24.4 Å². The van der Waals surface area contributed by atoms with Gasteiger partial charge in [-0.1, -0.05) is 11.6 Å². The van der Waals surface area contributed by atoms with Gasteiger partial charge in [-0.15, -0.1) is 10.2 Å². The fraction of sp³-hybridized carbons (Fsp3) is 0.133. The molecule has 2 N–H and O–H groups in total. The number of amides is 1. The van der Waals surface area contributed by atoms with Crippen LogP contribution in [0.4, 0.5) is 8.78 Å². The topological polar surface area (TPSA) is 99.6 Å². The molecule has 128 valence electrons. The maximum absolute atomic E-state index is 14.5. The van der Waals surface area contributed by atoms with Crippen LogP contribution in [-0.2, 0) is 18.3 Å². The minimum absolute atomic E-state index is 0.0151. The molecule has 0 fully saturated rings. The zero-order valence-corrected chi connectivity index (χ0v) is 13.6. The molecule has 25 heavy (non-hydrogen) atoms. The van der Waals surface area contributed by atoms with E-state index in [1.807, 2.05) is 0 Å². The summed E-state index contributed by atoms with van der Waals surface area (Å²) in [5.41, 5.74) is 5.45. The fourth-order valence-corrected chi connectivity index (χ4v) is 2.53. The number of pyridine rings is 1. The summed E-state index contributed by atoms with van der Waals surface area (Å²) in [6, 6.07) is 3.67. The molecule has 0 aliphatic heterocycles. The van der Waals surface area contributed by atoms with Gasteiger partial charge in [0.25, 0.3) is 0 Å². The summed E-state index contributed by atoms with van der Waals surface area (Å²) >= 11 is 5.93. The zero-order chi connectivity index (χ0) is 18.1. The first-order chi connectivity index (χ1) is 11.8. The van der Waals surface area contributed by atoms with Gasteiger partial charge < -0.3 is 5.73 Å². The van der Waals surface area contributed by atoms with Crippen molar-refractivity contribution in [1.82, 2.24) is 25.2 Å². The van der Waals surface area contributed by atoms with Gasteiger partial charge in [0.15, 0.2) is 0 Å². The molecule has 0 aliphatic carbocycles. The van der Waals surface area contributed by atoms with Gasteiger partial charge in [0.2, 0.25) is 11.7 Å². The molecule has 3 aromatic rings. The lowest BCUT2D eigenvalue weighted by Crippen LogP contribution is -2.15. The van der Waals surface area contributed by atoms with E-state index in [2.05, 4.69) is 20.4 Å². The Morgan fingerprint density at radius 1 is 1.28 bits per heavy atom. The summed E-state index contributed by atoms with van der Waals surface area (Å²) in [5.74, 6) is -2.11. The molecule has 0 spiro atoms. The Kier molecular flexibility index (Phi) is 4.41. The average Bonchev–Trinajstić information content (AvgIpc) is 2.94. The highest BCUT2D eigenvalue weighted by atomic mass is 35.5. The number of primary amides is 1. The van der Waals surface area contributed by atoms with Crippen LogP contribution in [-0.4, -0.2) is 31.1 Å². The van der Waals surface area contributed by atoms with Crippen LogP contribution in [0.3, 0.4) is 0 Å². The second-order valence-corrected chi connectivity index (χ2v) is 5.64. The molecule has 3 rings (SSSR count). The molecular formula is C15H11ClF2N6O. The van der Waals surface area contributed by atoms with E-state index in [1.54, 1.807) is 0 Å². The number of halogens is 3. The van der Waals surface area contributed by atoms with Gasteiger partial charge >= 0.3 is 0 Å². The molecular weight excluding hydrogens is 354 g/mol. The minimum Gasteiger partial charge on any atom is -0.369 e. The molecule has 1 amide bonds. The summed E-state index contributed by atoms with van der Waals surface area (Å²) in [7, 11) is 1.53. The van der Waals surface area contributed by atoms with Crippen LogP contribution in [0.25, 0.3) is 22.5 Å². The maximum atomic E-state index is 14.5.